The molecular formula is C22H31N5O. The van der Waals surface area contributed by atoms with Crippen LogP contribution in [0.25, 0.3) is 0 Å². The Morgan fingerprint density at radius 1 is 1.00 bits per heavy atom. The molecule has 3 rings (SSSR count). The Hall–Kier alpha value is -2.63. The molecule has 2 heterocycles. The maximum Gasteiger partial charge on any atom is 0.270 e. The summed E-state index contributed by atoms with van der Waals surface area (Å²) >= 11 is 0. The second-order valence-electron chi connectivity index (χ2n) is 8.56. The Balaban J connectivity index is 1.74. The predicted molar refractivity (Wildman–Crippen MR) is 114 cm³/mol. The lowest BCUT2D eigenvalue weighted by molar-refractivity contribution is 0.0914. The molecule has 0 bridgehead atoms. The highest BCUT2D eigenvalue weighted by Crippen LogP contribution is 2.25. The van der Waals surface area contributed by atoms with E-state index in [1.54, 1.807) is 0 Å². The molecule has 1 amide bonds. The van der Waals surface area contributed by atoms with Crippen LogP contribution in [0.5, 0.6) is 0 Å². The molecule has 2 aromatic rings. The molecule has 0 saturated carbocycles. The van der Waals surface area contributed by atoms with E-state index in [2.05, 4.69) is 57.1 Å². The summed E-state index contributed by atoms with van der Waals surface area (Å²) in [7, 11) is 0. The van der Waals surface area contributed by atoms with Crippen LogP contribution < -0.4 is 15.1 Å². The fraction of sp³-hybridized carbons (Fsp3) is 0.500. The number of anilines is 2. The highest BCUT2D eigenvalue weighted by Gasteiger charge is 2.22. The van der Waals surface area contributed by atoms with Gasteiger partial charge in [-0.2, -0.15) is 0 Å². The lowest BCUT2D eigenvalue weighted by atomic mass is 10.1. The topological polar surface area (TPSA) is 61.4 Å². The zero-order valence-corrected chi connectivity index (χ0v) is 17.8. The summed E-state index contributed by atoms with van der Waals surface area (Å²) in [4.78, 5) is 26.1. The van der Waals surface area contributed by atoms with Crippen LogP contribution in [0.4, 0.5) is 11.5 Å². The van der Waals surface area contributed by atoms with Crippen LogP contribution in [0.15, 0.2) is 24.3 Å². The minimum absolute atomic E-state index is 0.159. The number of rotatable bonds is 3. The van der Waals surface area contributed by atoms with Gasteiger partial charge in [0.2, 0.25) is 0 Å². The number of aromatic nitrogens is 2. The van der Waals surface area contributed by atoms with Gasteiger partial charge in [0, 0.05) is 43.5 Å². The van der Waals surface area contributed by atoms with E-state index in [1.165, 1.54) is 16.8 Å². The van der Waals surface area contributed by atoms with Crippen LogP contribution in [0, 0.1) is 20.8 Å². The van der Waals surface area contributed by atoms with Crippen LogP contribution in [0.1, 0.15) is 48.2 Å². The molecule has 1 N–H and O–H groups in total. The van der Waals surface area contributed by atoms with Crippen molar-refractivity contribution < 1.29 is 4.79 Å². The standard InChI is InChI=1S/C22H31N5O/c1-15-8-7-9-19(16(15)2)26-10-12-27(13-11-26)20-14-18(23-17(3)24-20)21(28)25-22(4,5)6/h7-9,14H,10-13H2,1-6H3,(H,25,28). The molecule has 1 aromatic heterocycles. The summed E-state index contributed by atoms with van der Waals surface area (Å²) in [5, 5.41) is 2.98. The normalized spacial score (nSPS) is 14.9. The highest BCUT2D eigenvalue weighted by molar-refractivity contribution is 5.93. The van der Waals surface area contributed by atoms with Crippen molar-refractivity contribution in [2.24, 2.45) is 0 Å². The van der Waals surface area contributed by atoms with Crippen molar-refractivity contribution in [3.8, 4) is 0 Å². The summed E-state index contributed by atoms with van der Waals surface area (Å²) in [6.45, 7) is 15.7. The number of hydrogen-bond donors (Lipinski definition) is 1. The predicted octanol–water partition coefficient (Wildman–Crippen LogP) is 3.26. The van der Waals surface area contributed by atoms with Gasteiger partial charge in [0.25, 0.3) is 5.91 Å². The molecule has 0 spiro atoms. The van der Waals surface area contributed by atoms with Crippen molar-refractivity contribution in [3.05, 3.63) is 46.9 Å². The van der Waals surface area contributed by atoms with E-state index in [-0.39, 0.29) is 11.4 Å². The summed E-state index contributed by atoms with van der Waals surface area (Å²) < 4.78 is 0. The number of hydrogen-bond acceptors (Lipinski definition) is 5. The average molecular weight is 382 g/mol. The third-order valence-corrected chi connectivity index (χ3v) is 5.07. The molecule has 1 aliphatic rings. The Morgan fingerprint density at radius 3 is 2.29 bits per heavy atom. The first-order valence-electron chi connectivity index (χ1n) is 9.88. The maximum absolute atomic E-state index is 12.5. The third-order valence-electron chi connectivity index (χ3n) is 5.07. The summed E-state index contributed by atoms with van der Waals surface area (Å²) in [5.74, 6) is 1.29. The van der Waals surface area contributed by atoms with Crippen molar-refractivity contribution in [2.75, 3.05) is 36.0 Å². The fourth-order valence-electron chi connectivity index (χ4n) is 3.49. The first kappa shape index (κ1) is 20.1. The highest BCUT2D eigenvalue weighted by atomic mass is 16.2. The van der Waals surface area contributed by atoms with Crippen LogP contribution >= 0.6 is 0 Å². The van der Waals surface area contributed by atoms with Crippen molar-refractivity contribution in [2.45, 2.75) is 47.1 Å². The Kier molecular flexibility index (Phi) is 5.59. The second-order valence-corrected chi connectivity index (χ2v) is 8.56. The van der Waals surface area contributed by atoms with Gasteiger partial charge in [0.1, 0.15) is 17.3 Å². The number of nitrogens with zero attached hydrogens (tertiary/aromatic N) is 4. The van der Waals surface area contributed by atoms with Gasteiger partial charge >= 0.3 is 0 Å². The van der Waals surface area contributed by atoms with E-state index in [4.69, 9.17) is 0 Å². The minimum Gasteiger partial charge on any atom is -0.368 e. The third kappa shape index (κ3) is 4.61. The molecule has 0 atom stereocenters. The molecule has 1 fully saturated rings. The van der Waals surface area contributed by atoms with Crippen molar-refractivity contribution in [1.29, 1.82) is 0 Å². The maximum atomic E-state index is 12.5. The van der Waals surface area contributed by atoms with E-state index in [1.807, 2.05) is 33.8 Å². The summed E-state index contributed by atoms with van der Waals surface area (Å²) in [6.07, 6.45) is 0. The number of carbonyl (C=O) groups excluding carboxylic acids is 1. The van der Waals surface area contributed by atoms with Gasteiger partial charge in [0.15, 0.2) is 0 Å². The second kappa shape index (κ2) is 7.78. The molecular weight excluding hydrogens is 350 g/mol. The average Bonchev–Trinajstić information content (AvgIpc) is 2.62. The van der Waals surface area contributed by atoms with Crippen LogP contribution in [-0.4, -0.2) is 47.6 Å². The van der Waals surface area contributed by atoms with Crippen molar-refractivity contribution in [1.82, 2.24) is 15.3 Å². The molecule has 0 radical (unpaired) electrons. The lowest BCUT2D eigenvalue weighted by Gasteiger charge is -2.37. The van der Waals surface area contributed by atoms with Gasteiger partial charge in [0.05, 0.1) is 0 Å². The number of nitrogens with one attached hydrogen (secondary N) is 1. The first-order chi connectivity index (χ1) is 13.1. The lowest BCUT2D eigenvalue weighted by Crippen LogP contribution is -2.47. The quantitative estimate of drug-likeness (QED) is 0.884. The number of piperazine rings is 1. The van der Waals surface area contributed by atoms with Gasteiger partial charge in [-0.1, -0.05) is 12.1 Å². The minimum atomic E-state index is -0.298. The molecule has 1 aliphatic heterocycles. The Morgan fingerprint density at radius 2 is 1.64 bits per heavy atom. The van der Waals surface area contributed by atoms with E-state index in [0.717, 1.165) is 32.0 Å². The number of benzene rings is 1. The molecule has 28 heavy (non-hydrogen) atoms. The van der Waals surface area contributed by atoms with Crippen molar-refractivity contribution >= 4 is 17.4 Å². The van der Waals surface area contributed by atoms with Gasteiger partial charge in [-0.3, -0.25) is 4.79 Å². The van der Waals surface area contributed by atoms with Crippen LogP contribution in [0.3, 0.4) is 0 Å². The van der Waals surface area contributed by atoms with Crippen molar-refractivity contribution in [3.63, 3.8) is 0 Å². The number of amides is 1. The van der Waals surface area contributed by atoms with E-state index in [9.17, 15) is 4.79 Å². The molecule has 1 saturated heterocycles. The van der Waals surface area contributed by atoms with Crippen LogP contribution in [0.2, 0.25) is 0 Å². The SMILES string of the molecule is Cc1nc(C(=O)NC(C)(C)C)cc(N2CCN(c3cccc(C)c3C)CC2)n1. The van der Waals surface area contributed by atoms with Gasteiger partial charge in [-0.05, 0) is 58.7 Å². The van der Waals surface area contributed by atoms with E-state index < -0.39 is 0 Å². The van der Waals surface area contributed by atoms with E-state index >= 15 is 0 Å². The first-order valence-corrected chi connectivity index (χ1v) is 9.88. The molecule has 0 aliphatic carbocycles. The zero-order valence-electron chi connectivity index (χ0n) is 17.8. The molecule has 1 aromatic carbocycles. The zero-order chi connectivity index (χ0) is 20.5. The Bertz CT molecular complexity index is 864. The molecule has 150 valence electrons. The Labute approximate surface area is 168 Å². The molecule has 0 unspecified atom stereocenters. The van der Waals surface area contributed by atoms with E-state index in [0.29, 0.717) is 11.5 Å². The summed E-state index contributed by atoms with van der Waals surface area (Å²) in [6, 6.07) is 8.28. The van der Waals surface area contributed by atoms with Crippen LogP contribution in [-0.2, 0) is 0 Å². The molecule has 6 nitrogen and oxygen atoms in total. The van der Waals surface area contributed by atoms with Gasteiger partial charge < -0.3 is 15.1 Å². The molecule has 6 heteroatoms. The monoisotopic (exact) mass is 381 g/mol. The van der Waals surface area contributed by atoms with Gasteiger partial charge in [-0.25, -0.2) is 9.97 Å². The number of aryl methyl sites for hydroxylation is 2. The summed E-state index contributed by atoms with van der Waals surface area (Å²) in [5.41, 5.74) is 4.10. The smallest absolute Gasteiger partial charge is 0.270 e. The van der Waals surface area contributed by atoms with Gasteiger partial charge in [-0.15, -0.1) is 0 Å². The number of carbonyl (C=O) groups is 1. The fourth-order valence-corrected chi connectivity index (χ4v) is 3.49. The largest absolute Gasteiger partial charge is 0.368 e.